The molecule has 2 aromatic carbocycles. The van der Waals surface area contributed by atoms with Crippen molar-refractivity contribution in [2.75, 3.05) is 5.32 Å². The third kappa shape index (κ3) is 3.04. The molecule has 4 heteroatoms. The van der Waals surface area contributed by atoms with E-state index < -0.39 is 0 Å². The van der Waals surface area contributed by atoms with Gasteiger partial charge < -0.3 is 5.32 Å². The van der Waals surface area contributed by atoms with Crippen LogP contribution in [0.4, 0.5) is 5.82 Å². The summed E-state index contributed by atoms with van der Waals surface area (Å²) >= 11 is 9.64. The fourth-order valence-corrected chi connectivity index (χ4v) is 3.05. The van der Waals surface area contributed by atoms with Crippen molar-refractivity contribution in [2.24, 2.45) is 0 Å². The van der Waals surface area contributed by atoms with Crippen molar-refractivity contribution in [3.63, 3.8) is 0 Å². The van der Waals surface area contributed by atoms with E-state index in [1.54, 1.807) is 0 Å². The summed E-state index contributed by atoms with van der Waals surface area (Å²) in [6.07, 6.45) is 1.82. The predicted octanol–water partition coefficient (Wildman–Crippen LogP) is 5.82. The molecular formula is C17H14BrClN2. The number of halogens is 2. The molecule has 0 aliphatic rings. The van der Waals surface area contributed by atoms with Gasteiger partial charge in [0.05, 0.1) is 6.04 Å². The zero-order chi connectivity index (χ0) is 14.8. The van der Waals surface area contributed by atoms with E-state index in [0.717, 1.165) is 31.6 Å². The first kappa shape index (κ1) is 14.4. The molecule has 0 amide bonds. The summed E-state index contributed by atoms with van der Waals surface area (Å²) in [4.78, 5) is 4.47. The molecule has 2 nitrogen and oxygen atoms in total. The summed E-state index contributed by atoms with van der Waals surface area (Å²) in [7, 11) is 0. The highest BCUT2D eigenvalue weighted by atomic mass is 79.9. The maximum atomic E-state index is 6.06. The number of benzene rings is 2. The molecule has 0 aliphatic heterocycles. The molecule has 0 bridgehead atoms. The second-order valence-corrected chi connectivity index (χ2v) is 6.21. The molecular weight excluding hydrogens is 348 g/mol. The molecule has 3 rings (SSSR count). The lowest BCUT2D eigenvalue weighted by molar-refractivity contribution is 0.877. The molecule has 0 radical (unpaired) electrons. The van der Waals surface area contributed by atoms with E-state index in [9.17, 15) is 0 Å². The average Bonchev–Trinajstić information content (AvgIpc) is 2.48. The SMILES string of the molecule is CC(Nc1nccc2c(Br)cccc12)c1cccc(Cl)c1. The molecule has 0 aliphatic carbocycles. The number of aromatic nitrogens is 1. The van der Waals surface area contributed by atoms with Crippen LogP contribution < -0.4 is 5.32 Å². The molecule has 0 saturated carbocycles. The molecule has 21 heavy (non-hydrogen) atoms. The molecule has 1 atom stereocenters. The Morgan fingerprint density at radius 1 is 1.10 bits per heavy atom. The van der Waals surface area contributed by atoms with Crippen LogP contribution in [0.3, 0.4) is 0 Å². The number of fused-ring (bicyclic) bond motifs is 1. The van der Waals surface area contributed by atoms with Crippen molar-refractivity contribution in [2.45, 2.75) is 13.0 Å². The van der Waals surface area contributed by atoms with Gasteiger partial charge in [-0.25, -0.2) is 4.98 Å². The molecule has 1 heterocycles. The number of nitrogens with zero attached hydrogens (tertiary/aromatic N) is 1. The molecule has 1 aromatic heterocycles. The average molecular weight is 362 g/mol. The molecule has 1 unspecified atom stereocenters. The Morgan fingerprint density at radius 2 is 1.90 bits per heavy atom. The van der Waals surface area contributed by atoms with Gasteiger partial charge in [0, 0.05) is 26.5 Å². The van der Waals surface area contributed by atoms with Crippen molar-refractivity contribution in [1.29, 1.82) is 0 Å². The van der Waals surface area contributed by atoms with E-state index in [2.05, 4.69) is 45.3 Å². The zero-order valence-corrected chi connectivity index (χ0v) is 13.8. The highest BCUT2D eigenvalue weighted by Crippen LogP contribution is 2.30. The first-order valence-electron chi connectivity index (χ1n) is 6.70. The van der Waals surface area contributed by atoms with Gasteiger partial charge in [0.1, 0.15) is 5.82 Å². The minimum absolute atomic E-state index is 0.126. The Kier molecular flexibility index (Phi) is 4.13. The predicted molar refractivity (Wildman–Crippen MR) is 92.9 cm³/mol. The van der Waals surface area contributed by atoms with E-state index in [1.165, 1.54) is 0 Å². The van der Waals surface area contributed by atoms with Crippen LogP contribution in [0.25, 0.3) is 10.8 Å². The lowest BCUT2D eigenvalue weighted by Gasteiger charge is -2.17. The number of hydrogen-bond acceptors (Lipinski definition) is 2. The molecule has 3 aromatic rings. The van der Waals surface area contributed by atoms with Crippen molar-refractivity contribution in [3.8, 4) is 0 Å². The highest BCUT2D eigenvalue weighted by molar-refractivity contribution is 9.10. The highest BCUT2D eigenvalue weighted by Gasteiger charge is 2.10. The Bertz CT molecular complexity index is 789. The number of hydrogen-bond donors (Lipinski definition) is 1. The summed E-state index contributed by atoms with van der Waals surface area (Å²) in [5.41, 5.74) is 1.14. The van der Waals surface area contributed by atoms with E-state index in [4.69, 9.17) is 11.6 Å². The maximum absolute atomic E-state index is 6.06. The number of rotatable bonds is 3. The lowest BCUT2D eigenvalue weighted by atomic mass is 10.1. The first-order chi connectivity index (χ1) is 10.1. The molecule has 0 fully saturated rings. The van der Waals surface area contributed by atoms with Gasteiger partial charge in [0.25, 0.3) is 0 Å². The van der Waals surface area contributed by atoms with Crippen LogP contribution in [0, 0.1) is 0 Å². The summed E-state index contributed by atoms with van der Waals surface area (Å²) in [6, 6.07) is 16.1. The fourth-order valence-electron chi connectivity index (χ4n) is 2.35. The first-order valence-corrected chi connectivity index (χ1v) is 7.87. The van der Waals surface area contributed by atoms with Gasteiger partial charge >= 0.3 is 0 Å². The van der Waals surface area contributed by atoms with Gasteiger partial charge in [0.2, 0.25) is 0 Å². The van der Waals surface area contributed by atoms with Crippen molar-refractivity contribution in [3.05, 3.63) is 69.8 Å². The van der Waals surface area contributed by atoms with E-state index >= 15 is 0 Å². The molecule has 106 valence electrons. The van der Waals surface area contributed by atoms with Crippen molar-refractivity contribution < 1.29 is 0 Å². The van der Waals surface area contributed by atoms with Gasteiger partial charge in [-0.15, -0.1) is 0 Å². The van der Waals surface area contributed by atoms with E-state index in [1.807, 2.05) is 42.6 Å². The number of pyridine rings is 1. The monoisotopic (exact) mass is 360 g/mol. The second kappa shape index (κ2) is 6.04. The number of nitrogens with one attached hydrogen (secondary N) is 1. The van der Waals surface area contributed by atoms with Gasteiger partial charge in [-0.3, -0.25) is 0 Å². The smallest absolute Gasteiger partial charge is 0.134 e. The van der Waals surface area contributed by atoms with Crippen LogP contribution in [0.15, 0.2) is 59.2 Å². The Balaban J connectivity index is 1.97. The van der Waals surface area contributed by atoms with E-state index in [0.29, 0.717) is 0 Å². The lowest BCUT2D eigenvalue weighted by Crippen LogP contribution is -2.08. The van der Waals surface area contributed by atoms with Crippen molar-refractivity contribution in [1.82, 2.24) is 4.98 Å². The Labute approximate surface area is 137 Å². The van der Waals surface area contributed by atoms with Gasteiger partial charge in [0.15, 0.2) is 0 Å². The fraction of sp³-hybridized carbons (Fsp3) is 0.118. The Hall–Kier alpha value is -1.58. The topological polar surface area (TPSA) is 24.9 Å². The molecule has 1 N–H and O–H groups in total. The van der Waals surface area contributed by atoms with Crippen LogP contribution in [-0.4, -0.2) is 4.98 Å². The second-order valence-electron chi connectivity index (χ2n) is 4.92. The van der Waals surface area contributed by atoms with Gasteiger partial charge in [-0.05, 0) is 36.8 Å². The third-order valence-corrected chi connectivity index (χ3v) is 4.38. The molecule has 0 spiro atoms. The quantitative estimate of drug-likeness (QED) is 0.635. The summed E-state index contributed by atoms with van der Waals surface area (Å²) in [5.74, 6) is 0.876. The van der Waals surface area contributed by atoms with Gasteiger partial charge in [-0.2, -0.15) is 0 Å². The number of anilines is 1. The third-order valence-electron chi connectivity index (χ3n) is 3.45. The summed E-state index contributed by atoms with van der Waals surface area (Å²) in [5, 5.41) is 6.45. The zero-order valence-electron chi connectivity index (χ0n) is 11.5. The van der Waals surface area contributed by atoms with Gasteiger partial charge in [-0.1, -0.05) is 51.8 Å². The summed E-state index contributed by atoms with van der Waals surface area (Å²) < 4.78 is 1.07. The van der Waals surface area contributed by atoms with E-state index in [-0.39, 0.29) is 6.04 Å². The maximum Gasteiger partial charge on any atom is 0.134 e. The van der Waals surface area contributed by atoms with Crippen molar-refractivity contribution >= 4 is 44.1 Å². The minimum atomic E-state index is 0.126. The van der Waals surface area contributed by atoms with Crippen LogP contribution >= 0.6 is 27.5 Å². The molecule has 0 saturated heterocycles. The normalized spacial score (nSPS) is 12.3. The summed E-state index contributed by atoms with van der Waals surface area (Å²) in [6.45, 7) is 2.10. The Morgan fingerprint density at radius 3 is 2.71 bits per heavy atom. The minimum Gasteiger partial charge on any atom is -0.363 e. The van der Waals surface area contributed by atoms with Crippen LogP contribution in [0.1, 0.15) is 18.5 Å². The van der Waals surface area contributed by atoms with Crippen LogP contribution in [0.2, 0.25) is 5.02 Å². The van der Waals surface area contributed by atoms with Crippen LogP contribution in [0.5, 0.6) is 0 Å². The standard InChI is InChI=1S/C17H14BrClN2/c1-11(12-4-2-5-13(19)10-12)21-17-15-6-3-7-16(18)14(15)8-9-20-17/h2-11H,1H3,(H,20,21). The largest absolute Gasteiger partial charge is 0.363 e. The van der Waals surface area contributed by atoms with Crippen LogP contribution in [-0.2, 0) is 0 Å².